The van der Waals surface area contributed by atoms with Gasteiger partial charge in [0.1, 0.15) is 6.42 Å². The number of carbonyl (C=O) groups excluding carboxylic acids is 1. The van der Waals surface area contributed by atoms with Gasteiger partial charge in [0.2, 0.25) is 0 Å². The van der Waals surface area contributed by atoms with Gasteiger partial charge in [0.15, 0.2) is 0 Å². The smallest absolute Gasteiger partial charge is 0.322 e. The number of rotatable bonds is 2. The van der Waals surface area contributed by atoms with Crippen molar-refractivity contribution < 1.29 is 9.53 Å². The molecule has 0 aliphatic carbocycles. The Labute approximate surface area is 54.5 Å². The van der Waals surface area contributed by atoms with Crippen molar-refractivity contribution in [1.29, 1.82) is 0 Å². The lowest BCUT2D eigenvalue weighted by molar-refractivity contribution is -0.138. The predicted octanol–water partition coefficient (Wildman–Crippen LogP) is 1.09. The zero-order chi connectivity index (χ0) is 7.28. The molecule has 0 N–H and O–H groups in total. The average Bonchev–Trinajstić information content (AvgIpc) is 1.63. The second-order valence-corrected chi connectivity index (χ2v) is 1.56. The number of ether oxygens (including phenoxy) is 1. The second kappa shape index (κ2) is 3.73. The highest BCUT2D eigenvalue weighted by Crippen LogP contribution is 1.92. The highest BCUT2D eigenvalue weighted by molar-refractivity contribution is 5.73. The quantitative estimate of drug-likeness (QED) is 0.313. The molecule has 0 amide bonds. The first-order chi connectivity index (χ1) is 4.16. The molecule has 0 unspecified atom stereocenters. The van der Waals surface area contributed by atoms with Crippen LogP contribution in [0.4, 0.5) is 0 Å². The fourth-order valence-corrected chi connectivity index (χ4v) is 0.314. The molecule has 0 rings (SSSR count). The third kappa shape index (κ3) is 4.63. The van der Waals surface area contributed by atoms with Gasteiger partial charge in [-0.25, -0.2) is 0 Å². The monoisotopic (exact) mass is 124 g/mol. The first-order valence-corrected chi connectivity index (χ1v) is 2.46. The van der Waals surface area contributed by atoms with Crippen molar-refractivity contribution in [1.82, 2.24) is 0 Å². The standard InChI is InChI=1S/C7H8O2/c1-4-5-7(8)9-6(2)3/h1H,2,5H2,3H3. The second-order valence-electron chi connectivity index (χ2n) is 1.56. The minimum absolute atomic E-state index is 0.00681. The number of hydrogen-bond donors (Lipinski definition) is 0. The molecule has 0 saturated heterocycles. The zero-order valence-corrected chi connectivity index (χ0v) is 5.31. The van der Waals surface area contributed by atoms with Gasteiger partial charge in [-0.15, -0.1) is 6.42 Å². The SMILES string of the molecule is C#CCC(=O)OC(=C)C. The molecule has 0 heterocycles. The number of terminal acetylenes is 1. The van der Waals surface area contributed by atoms with Crippen LogP contribution in [0.5, 0.6) is 0 Å². The molecule has 0 aromatic heterocycles. The van der Waals surface area contributed by atoms with E-state index in [1.165, 1.54) is 0 Å². The fourth-order valence-electron chi connectivity index (χ4n) is 0.314. The third-order valence-electron chi connectivity index (χ3n) is 0.534. The van der Waals surface area contributed by atoms with Crippen molar-refractivity contribution in [2.45, 2.75) is 13.3 Å². The van der Waals surface area contributed by atoms with Crippen molar-refractivity contribution in [3.63, 3.8) is 0 Å². The maximum Gasteiger partial charge on any atom is 0.322 e. The molecule has 0 aliphatic rings. The summed E-state index contributed by atoms with van der Waals surface area (Å²) in [6.07, 6.45) is 4.83. The molecule has 0 aliphatic heterocycles. The van der Waals surface area contributed by atoms with Crippen molar-refractivity contribution >= 4 is 5.97 Å². The van der Waals surface area contributed by atoms with Crippen molar-refractivity contribution in [2.75, 3.05) is 0 Å². The molecule has 0 bridgehead atoms. The average molecular weight is 124 g/mol. The van der Waals surface area contributed by atoms with Crippen LogP contribution in [0.1, 0.15) is 13.3 Å². The van der Waals surface area contributed by atoms with Crippen LogP contribution in [-0.2, 0) is 9.53 Å². The molecule has 0 spiro atoms. The molecule has 2 heteroatoms. The topological polar surface area (TPSA) is 26.3 Å². The van der Waals surface area contributed by atoms with Crippen LogP contribution in [0.25, 0.3) is 0 Å². The van der Waals surface area contributed by atoms with Gasteiger partial charge in [-0.05, 0) is 6.92 Å². The summed E-state index contributed by atoms with van der Waals surface area (Å²) < 4.78 is 4.51. The number of carbonyl (C=O) groups is 1. The summed E-state index contributed by atoms with van der Waals surface area (Å²) >= 11 is 0. The maximum absolute atomic E-state index is 10.4. The van der Waals surface area contributed by atoms with E-state index >= 15 is 0 Å². The summed E-state index contributed by atoms with van der Waals surface area (Å²) in [6.45, 7) is 4.96. The predicted molar refractivity (Wildman–Crippen MR) is 34.4 cm³/mol. The van der Waals surface area contributed by atoms with Crippen LogP contribution in [0.15, 0.2) is 12.3 Å². The normalized spacial score (nSPS) is 7.56. The van der Waals surface area contributed by atoms with E-state index in [4.69, 9.17) is 6.42 Å². The lowest BCUT2D eigenvalue weighted by atomic mass is 10.4. The lowest BCUT2D eigenvalue weighted by Gasteiger charge is -1.96. The highest BCUT2D eigenvalue weighted by Gasteiger charge is 1.97. The van der Waals surface area contributed by atoms with E-state index in [1.807, 2.05) is 0 Å². The Morgan fingerprint density at radius 2 is 2.44 bits per heavy atom. The van der Waals surface area contributed by atoms with Gasteiger partial charge in [0, 0.05) is 0 Å². The van der Waals surface area contributed by atoms with Gasteiger partial charge < -0.3 is 4.74 Å². The summed E-state index contributed by atoms with van der Waals surface area (Å²) in [7, 11) is 0. The van der Waals surface area contributed by atoms with Gasteiger partial charge in [-0.1, -0.05) is 12.5 Å². The van der Waals surface area contributed by atoms with E-state index in [-0.39, 0.29) is 6.42 Å². The Balaban J connectivity index is 3.54. The molecule has 2 nitrogen and oxygen atoms in total. The van der Waals surface area contributed by atoms with E-state index in [0.717, 1.165) is 0 Å². The molecule has 0 fully saturated rings. The van der Waals surface area contributed by atoms with E-state index in [1.54, 1.807) is 6.92 Å². The van der Waals surface area contributed by atoms with Crippen LogP contribution >= 0.6 is 0 Å². The largest absolute Gasteiger partial charge is 0.431 e. The fraction of sp³-hybridized carbons (Fsp3) is 0.286. The molecule has 0 aromatic rings. The van der Waals surface area contributed by atoms with Crippen molar-refractivity contribution in [3.8, 4) is 12.3 Å². The van der Waals surface area contributed by atoms with Crippen LogP contribution < -0.4 is 0 Å². The van der Waals surface area contributed by atoms with Gasteiger partial charge in [-0.2, -0.15) is 0 Å². The number of esters is 1. The van der Waals surface area contributed by atoms with E-state index in [0.29, 0.717) is 5.76 Å². The molecule has 0 saturated carbocycles. The summed E-state index contributed by atoms with van der Waals surface area (Å²) in [6, 6.07) is 0. The Bertz CT molecular complexity index is 162. The minimum atomic E-state index is -0.426. The van der Waals surface area contributed by atoms with E-state index < -0.39 is 5.97 Å². The Kier molecular flexibility index (Phi) is 3.22. The number of hydrogen-bond acceptors (Lipinski definition) is 2. The van der Waals surface area contributed by atoms with Crippen LogP contribution in [0.2, 0.25) is 0 Å². The highest BCUT2D eigenvalue weighted by atomic mass is 16.5. The third-order valence-corrected chi connectivity index (χ3v) is 0.534. The van der Waals surface area contributed by atoms with Gasteiger partial charge in [0.25, 0.3) is 0 Å². The molecule has 0 atom stereocenters. The molecule has 0 radical (unpaired) electrons. The molecule has 9 heavy (non-hydrogen) atoms. The Morgan fingerprint density at radius 3 is 2.78 bits per heavy atom. The molecule has 0 aromatic carbocycles. The van der Waals surface area contributed by atoms with Crippen molar-refractivity contribution in [3.05, 3.63) is 12.3 Å². The summed E-state index contributed by atoms with van der Waals surface area (Å²) in [5, 5.41) is 0. The summed E-state index contributed by atoms with van der Waals surface area (Å²) in [4.78, 5) is 10.4. The molecular weight excluding hydrogens is 116 g/mol. The maximum atomic E-state index is 10.4. The van der Waals surface area contributed by atoms with Gasteiger partial charge in [-0.3, -0.25) is 4.79 Å². The van der Waals surface area contributed by atoms with E-state index in [9.17, 15) is 4.79 Å². The Hall–Kier alpha value is -1.23. The first kappa shape index (κ1) is 7.77. The summed E-state index contributed by atoms with van der Waals surface area (Å²) in [5.41, 5.74) is 0. The first-order valence-electron chi connectivity index (χ1n) is 2.46. The van der Waals surface area contributed by atoms with E-state index in [2.05, 4.69) is 17.2 Å². The van der Waals surface area contributed by atoms with Gasteiger partial charge in [0.05, 0.1) is 5.76 Å². The van der Waals surface area contributed by atoms with Crippen LogP contribution in [0.3, 0.4) is 0 Å². The minimum Gasteiger partial charge on any atom is -0.431 e. The van der Waals surface area contributed by atoms with Crippen molar-refractivity contribution in [2.24, 2.45) is 0 Å². The lowest BCUT2D eigenvalue weighted by Crippen LogP contribution is -1.99. The van der Waals surface area contributed by atoms with Crippen LogP contribution in [-0.4, -0.2) is 5.97 Å². The van der Waals surface area contributed by atoms with Crippen LogP contribution in [0, 0.1) is 12.3 Å². The molecule has 48 valence electrons. The van der Waals surface area contributed by atoms with Gasteiger partial charge >= 0.3 is 5.97 Å². The zero-order valence-electron chi connectivity index (χ0n) is 5.31. The molecular formula is C7H8O2. The Morgan fingerprint density at radius 1 is 1.89 bits per heavy atom. The summed E-state index contributed by atoms with van der Waals surface area (Å²) in [5.74, 6) is 2.10. The number of allylic oxidation sites excluding steroid dienone is 1.